The van der Waals surface area contributed by atoms with Gasteiger partial charge in [0, 0.05) is 23.9 Å². The van der Waals surface area contributed by atoms with Gasteiger partial charge in [-0.3, -0.25) is 9.59 Å². The van der Waals surface area contributed by atoms with Crippen LogP contribution < -0.4 is 5.32 Å². The van der Waals surface area contributed by atoms with Crippen LogP contribution in [0.4, 0.5) is 9.39 Å². The molecular formula is C23H17ClFN3O2S2. The minimum absolute atomic E-state index is 0.00862. The molecule has 0 bridgehead atoms. The van der Waals surface area contributed by atoms with Crippen molar-refractivity contribution in [1.29, 1.82) is 0 Å². The van der Waals surface area contributed by atoms with E-state index in [0.29, 0.717) is 24.5 Å². The highest BCUT2D eigenvalue weighted by Crippen LogP contribution is 2.46. The van der Waals surface area contributed by atoms with Crippen molar-refractivity contribution >= 4 is 61.3 Å². The van der Waals surface area contributed by atoms with Crippen molar-refractivity contribution in [2.45, 2.75) is 19.9 Å². The van der Waals surface area contributed by atoms with Crippen LogP contribution in [0.3, 0.4) is 0 Å². The van der Waals surface area contributed by atoms with Crippen molar-refractivity contribution in [3.63, 3.8) is 0 Å². The van der Waals surface area contributed by atoms with Gasteiger partial charge in [-0.05, 0) is 36.2 Å². The number of fused-ring (bicyclic) bond motifs is 2. The lowest BCUT2D eigenvalue weighted by molar-refractivity contribution is -0.129. The molecular weight excluding hydrogens is 469 g/mol. The first-order valence-corrected chi connectivity index (χ1v) is 11.9. The van der Waals surface area contributed by atoms with Crippen molar-refractivity contribution in [2.24, 2.45) is 0 Å². The number of hydrogen-bond donors (Lipinski definition) is 1. The predicted octanol–water partition coefficient (Wildman–Crippen LogP) is 5.97. The lowest BCUT2D eigenvalue weighted by Gasteiger charge is -2.26. The fraction of sp³-hybridized carbons (Fsp3) is 0.174. The van der Waals surface area contributed by atoms with Gasteiger partial charge in [-0.2, -0.15) is 0 Å². The third-order valence-corrected chi connectivity index (χ3v) is 7.93. The van der Waals surface area contributed by atoms with Gasteiger partial charge >= 0.3 is 0 Å². The first kappa shape index (κ1) is 21.1. The Morgan fingerprint density at radius 1 is 1.16 bits per heavy atom. The summed E-state index contributed by atoms with van der Waals surface area (Å²) in [6.45, 7) is 2.63. The van der Waals surface area contributed by atoms with E-state index in [1.165, 1.54) is 29.5 Å². The third kappa shape index (κ3) is 3.68. The number of amides is 2. The molecule has 0 fully saturated rings. The van der Waals surface area contributed by atoms with E-state index >= 15 is 0 Å². The molecule has 0 aliphatic carbocycles. The second kappa shape index (κ2) is 8.27. The Morgan fingerprint density at radius 2 is 1.97 bits per heavy atom. The van der Waals surface area contributed by atoms with Crippen LogP contribution in [0.15, 0.2) is 42.5 Å². The molecule has 0 spiro atoms. The standard InChI is InChI=1S/C23H17ClFN3O2S2/c1-12(29)28-10-9-13-18(11-28)32-23(27-21(30)20-14(24)5-4-6-15(20)25)19(13)22-26-16-7-2-3-8-17(16)31-22/h2-8H,9-11H2,1H3,(H,27,30). The maximum atomic E-state index is 14.3. The molecule has 1 aliphatic rings. The maximum Gasteiger partial charge on any atom is 0.260 e. The number of para-hydroxylation sites is 1. The molecule has 2 aromatic carbocycles. The number of benzene rings is 2. The van der Waals surface area contributed by atoms with Gasteiger partial charge in [0.2, 0.25) is 5.91 Å². The summed E-state index contributed by atoms with van der Waals surface area (Å²) in [5.41, 5.74) is 2.60. The summed E-state index contributed by atoms with van der Waals surface area (Å²) >= 11 is 9.04. The molecule has 0 atom stereocenters. The zero-order valence-electron chi connectivity index (χ0n) is 16.9. The normalized spacial score (nSPS) is 13.3. The van der Waals surface area contributed by atoms with Gasteiger partial charge in [-0.1, -0.05) is 29.8 Å². The van der Waals surface area contributed by atoms with Crippen molar-refractivity contribution in [3.8, 4) is 10.6 Å². The van der Waals surface area contributed by atoms with Crippen LogP contribution in [0.2, 0.25) is 5.02 Å². The van der Waals surface area contributed by atoms with E-state index in [0.717, 1.165) is 31.2 Å². The minimum atomic E-state index is -0.680. The second-order valence-electron chi connectivity index (χ2n) is 7.44. The van der Waals surface area contributed by atoms with E-state index in [4.69, 9.17) is 16.6 Å². The first-order valence-electron chi connectivity index (χ1n) is 9.93. The fourth-order valence-corrected chi connectivity index (χ4v) is 6.46. The van der Waals surface area contributed by atoms with Gasteiger partial charge in [-0.15, -0.1) is 22.7 Å². The van der Waals surface area contributed by atoms with E-state index in [9.17, 15) is 14.0 Å². The zero-order chi connectivity index (χ0) is 22.4. The number of halogens is 2. The molecule has 5 nitrogen and oxygen atoms in total. The number of aromatic nitrogens is 1. The van der Waals surface area contributed by atoms with E-state index in [1.807, 2.05) is 24.3 Å². The Labute approximate surface area is 196 Å². The number of thiophene rings is 1. The van der Waals surface area contributed by atoms with Crippen LogP contribution in [0.5, 0.6) is 0 Å². The van der Waals surface area contributed by atoms with Crippen molar-refractivity contribution in [1.82, 2.24) is 9.88 Å². The first-order chi connectivity index (χ1) is 15.4. The number of carbonyl (C=O) groups is 2. The predicted molar refractivity (Wildman–Crippen MR) is 127 cm³/mol. The second-order valence-corrected chi connectivity index (χ2v) is 9.98. The molecule has 1 N–H and O–H groups in total. The Kier molecular flexibility index (Phi) is 5.44. The summed E-state index contributed by atoms with van der Waals surface area (Å²) in [5.74, 6) is -1.28. The molecule has 0 radical (unpaired) electrons. The Morgan fingerprint density at radius 3 is 2.72 bits per heavy atom. The van der Waals surface area contributed by atoms with Crippen LogP contribution in [0.25, 0.3) is 20.8 Å². The monoisotopic (exact) mass is 485 g/mol. The number of hydrogen-bond acceptors (Lipinski definition) is 5. The third-order valence-electron chi connectivity index (χ3n) is 5.43. The molecule has 2 aromatic heterocycles. The van der Waals surface area contributed by atoms with Gasteiger partial charge in [0.05, 0.1) is 27.3 Å². The van der Waals surface area contributed by atoms with E-state index in [2.05, 4.69) is 5.32 Å². The molecule has 1 aliphatic heterocycles. The Bertz CT molecular complexity index is 1330. The molecule has 3 heterocycles. The molecule has 5 rings (SSSR count). The Hall–Kier alpha value is -2.81. The van der Waals surface area contributed by atoms with Crippen molar-refractivity contribution < 1.29 is 14.0 Å². The van der Waals surface area contributed by atoms with E-state index in [1.54, 1.807) is 23.2 Å². The summed E-state index contributed by atoms with van der Waals surface area (Å²) in [6.07, 6.45) is 0.660. The molecule has 0 saturated carbocycles. The van der Waals surface area contributed by atoms with Crippen LogP contribution in [-0.4, -0.2) is 28.2 Å². The van der Waals surface area contributed by atoms with Gasteiger partial charge in [0.1, 0.15) is 15.8 Å². The fourth-order valence-electron chi connectivity index (χ4n) is 3.85. The largest absolute Gasteiger partial charge is 0.337 e. The summed E-state index contributed by atoms with van der Waals surface area (Å²) in [6, 6.07) is 12.0. The number of thiazole rings is 1. The minimum Gasteiger partial charge on any atom is -0.337 e. The highest BCUT2D eigenvalue weighted by atomic mass is 35.5. The average Bonchev–Trinajstić information content (AvgIpc) is 3.33. The summed E-state index contributed by atoms with van der Waals surface area (Å²) in [5, 5.41) is 4.29. The number of anilines is 1. The number of nitrogens with one attached hydrogen (secondary N) is 1. The highest BCUT2D eigenvalue weighted by Gasteiger charge is 2.29. The van der Waals surface area contributed by atoms with Crippen LogP contribution in [0, 0.1) is 5.82 Å². The zero-order valence-corrected chi connectivity index (χ0v) is 19.3. The SMILES string of the molecule is CC(=O)N1CCc2c(sc(NC(=O)c3c(F)cccc3Cl)c2-c2nc3ccccc3s2)C1. The molecule has 0 saturated heterocycles. The maximum absolute atomic E-state index is 14.3. The van der Waals surface area contributed by atoms with Gasteiger partial charge in [0.15, 0.2) is 0 Å². The van der Waals surface area contributed by atoms with Crippen molar-refractivity contribution in [3.05, 3.63) is 69.3 Å². The van der Waals surface area contributed by atoms with Crippen molar-refractivity contribution in [2.75, 3.05) is 11.9 Å². The number of nitrogens with zero attached hydrogens (tertiary/aromatic N) is 2. The quantitative estimate of drug-likeness (QED) is 0.388. The van der Waals surface area contributed by atoms with Crippen LogP contribution in [-0.2, 0) is 17.8 Å². The summed E-state index contributed by atoms with van der Waals surface area (Å²) in [7, 11) is 0. The molecule has 9 heteroatoms. The summed E-state index contributed by atoms with van der Waals surface area (Å²) < 4.78 is 15.4. The molecule has 162 valence electrons. The van der Waals surface area contributed by atoms with E-state index < -0.39 is 11.7 Å². The van der Waals surface area contributed by atoms with Crippen LogP contribution >= 0.6 is 34.3 Å². The summed E-state index contributed by atoms with van der Waals surface area (Å²) in [4.78, 5) is 32.5. The number of rotatable bonds is 3. The van der Waals surface area contributed by atoms with E-state index in [-0.39, 0.29) is 16.5 Å². The lowest BCUT2D eigenvalue weighted by atomic mass is 10.0. The van der Waals surface area contributed by atoms with Crippen LogP contribution in [0.1, 0.15) is 27.7 Å². The van der Waals surface area contributed by atoms with Gasteiger partial charge in [0.25, 0.3) is 5.91 Å². The topological polar surface area (TPSA) is 62.3 Å². The van der Waals surface area contributed by atoms with Gasteiger partial charge < -0.3 is 10.2 Å². The molecule has 32 heavy (non-hydrogen) atoms. The molecule has 0 unspecified atom stereocenters. The molecule has 4 aromatic rings. The Balaban J connectivity index is 1.61. The molecule has 2 amide bonds. The smallest absolute Gasteiger partial charge is 0.260 e. The average molecular weight is 486 g/mol. The number of carbonyl (C=O) groups excluding carboxylic acids is 2. The lowest BCUT2D eigenvalue weighted by Crippen LogP contribution is -2.33. The van der Waals surface area contributed by atoms with Gasteiger partial charge in [-0.25, -0.2) is 9.37 Å². The highest BCUT2D eigenvalue weighted by molar-refractivity contribution is 7.23.